The monoisotopic (exact) mass is 232 g/mol. The molecular weight excluding hydrogens is 208 g/mol. The van der Waals surface area contributed by atoms with E-state index in [1.807, 2.05) is 20.8 Å². The van der Waals surface area contributed by atoms with Gasteiger partial charge in [0, 0.05) is 13.1 Å². The normalized spacial score (nSPS) is 12.8. The molecule has 0 saturated carbocycles. The number of rotatable bonds is 9. The lowest BCUT2D eigenvalue weighted by Gasteiger charge is -2.14. The molecule has 0 saturated heterocycles. The maximum atomic E-state index is 11.2. The predicted octanol–water partition coefficient (Wildman–Crippen LogP) is -0.112. The van der Waals surface area contributed by atoms with Gasteiger partial charge in [0.2, 0.25) is 5.91 Å². The summed E-state index contributed by atoms with van der Waals surface area (Å²) >= 11 is 0. The SMILES string of the molecule is CCCNC(=O)CNCC(O)COC(C)C. The summed E-state index contributed by atoms with van der Waals surface area (Å²) in [4.78, 5) is 11.2. The Kier molecular flexibility index (Phi) is 9.18. The maximum absolute atomic E-state index is 11.2. The molecule has 96 valence electrons. The average molecular weight is 232 g/mol. The van der Waals surface area contributed by atoms with Crippen molar-refractivity contribution in [2.75, 3.05) is 26.2 Å². The minimum atomic E-state index is -0.568. The Bertz CT molecular complexity index is 186. The van der Waals surface area contributed by atoms with Crippen molar-refractivity contribution in [2.45, 2.75) is 39.4 Å². The van der Waals surface area contributed by atoms with E-state index in [-0.39, 0.29) is 18.6 Å². The van der Waals surface area contributed by atoms with Crippen LogP contribution in [0.1, 0.15) is 27.2 Å². The van der Waals surface area contributed by atoms with Gasteiger partial charge in [-0.3, -0.25) is 4.79 Å². The summed E-state index contributed by atoms with van der Waals surface area (Å²) in [7, 11) is 0. The molecule has 0 heterocycles. The molecule has 3 N–H and O–H groups in total. The van der Waals surface area contributed by atoms with E-state index in [0.717, 1.165) is 6.42 Å². The van der Waals surface area contributed by atoms with Crippen LogP contribution < -0.4 is 10.6 Å². The van der Waals surface area contributed by atoms with Crippen LogP contribution in [0, 0.1) is 0 Å². The Morgan fingerprint density at radius 1 is 1.44 bits per heavy atom. The van der Waals surface area contributed by atoms with Gasteiger partial charge in [-0.1, -0.05) is 6.92 Å². The van der Waals surface area contributed by atoms with Gasteiger partial charge in [-0.15, -0.1) is 0 Å². The first-order valence-electron chi connectivity index (χ1n) is 5.83. The number of nitrogens with one attached hydrogen (secondary N) is 2. The maximum Gasteiger partial charge on any atom is 0.233 e. The van der Waals surface area contributed by atoms with Gasteiger partial charge in [0.1, 0.15) is 0 Å². The number of carbonyl (C=O) groups is 1. The Morgan fingerprint density at radius 2 is 2.12 bits per heavy atom. The third-order valence-electron chi connectivity index (χ3n) is 1.86. The van der Waals surface area contributed by atoms with Gasteiger partial charge in [-0.2, -0.15) is 0 Å². The number of ether oxygens (including phenoxy) is 1. The van der Waals surface area contributed by atoms with Gasteiger partial charge in [-0.25, -0.2) is 0 Å². The van der Waals surface area contributed by atoms with Crippen LogP contribution in [0.4, 0.5) is 0 Å². The van der Waals surface area contributed by atoms with Crippen molar-refractivity contribution in [3.63, 3.8) is 0 Å². The highest BCUT2D eigenvalue weighted by Gasteiger charge is 2.06. The lowest BCUT2D eigenvalue weighted by Crippen LogP contribution is -2.38. The van der Waals surface area contributed by atoms with Crippen molar-refractivity contribution >= 4 is 5.91 Å². The first-order valence-corrected chi connectivity index (χ1v) is 5.83. The second-order valence-electron chi connectivity index (χ2n) is 4.02. The summed E-state index contributed by atoms with van der Waals surface area (Å²) in [5.41, 5.74) is 0. The number of hydrogen-bond donors (Lipinski definition) is 3. The largest absolute Gasteiger partial charge is 0.389 e. The summed E-state index contributed by atoms with van der Waals surface area (Å²) in [6, 6.07) is 0. The minimum absolute atomic E-state index is 0.0428. The molecule has 0 fully saturated rings. The standard InChI is InChI=1S/C11H24N2O3/c1-4-5-13-11(15)7-12-6-10(14)8-16-9(2)3/h9-10,12,14H,4-8H2,1-3H3,(H,13,15). The minimum Gasteiger partial charge on any atom is -0.389 e. The molecular formula is C11H24N2O3. The molecule has 1 amide bonds. The van der Waals surface area contributed by atoms with E-state index in [0.29, 0.717) is 19.7 Å². The van der Waals surface area contributed by atoms with Gasteiger partial charge >= 0.3 is 0 Å². The first-order chi connectivity index (χ1) is 7.56. The summed E-state index contributed by atoms with van der Waals surface area (Å²) in [6.45, 7) is 7.42. The second kappa shape index (κ2) is 9.57. The van der Waals surface area contributed by atoms with Crippen molar-refractivity contribution in [1.29, 1.82) is 0 Å². The van der Waals surface area contributed by atoms with Crippen LogP contribution in [-0.2, 0) is 9.53 Å². The molecule has 0 aromatic carbocycles. The number of aliphatic hydroxyl groups is 1. The molecule has 0 rings (SSSR count). The molecule has 0 spiro atoms. The van der Waals surface area contributed by atoms with E-state index < -0.39 is 6.10 Å². The molecule has 0 aliphatic heterocycles. The van der Waals surface area contributed by atoms with Crippen LogP contribution in [0.15, 0.2) is 0 Å². The van der Waals surface area contributed by atoms with Gasteiger partial charge in [0.05, 0.1) is 25.4 Å². The first kappa shape index (κ1) is 15.3. The molecule has 0 aliphatic carbocycles. The fourth-order valence-corrected chi connectivity index (χ4v) is 1.04. The predicted molar refractivity (Wildman–Crippen MR) is 63.3 cm³/mol. The smallest absolute Gasteiger partial charge is 0.233 e. The summed E-state index contributed by atoms with van der Waals surface area (Å²) < 4.78 is 5.24. The third-order valence-corrected chi connectivity index (χ3v) is 1.86. The Hall–Kier alpha value is -0.650. The van der Waals surface area contributed by atoms with Crippen molar-refractivity contribution in [3.05, 3.63) is 0 Å². The molecule has 0 aliphatic rings. The zero-order chi connectivity index (χ0) is 12.4. The lowest BCUT2D eigenvalue weighted by atomic mass is 10.3. The van der Waals surface area contributed by atoms with E-state index in [4.69, 9.17) is 4.74 Å². The average Bonchev–Trinajstić information content (AvgIpc) is 2.23. The molecule has 0 aromatic rings. The summed E-state index contributed by atoms with van der Waals surface area (Å²) in [5, 5.41) is 15.1. The highest BCUT2D eigenvalue weighted by Crippen LogP contribution is 1.90. The molecule has 1 atom stereocenters. The number of aliphatic hydroxyl groups excluding tert-OH is 1. The summed E-state index contributed by atoms with van der Waals surface area (Å²) in [6.07, 6.45) is 0.472. The van der Waals surface area contributed by atoms with E-state index in [1.165, 1.54) is 0 Å². The topological polar surface area (TPSA) is 70.6 Å². The fourth-order valence-electron chi connectivity index (χ4n) is 1.04. The number of hydrogen-bond acceptors (Lipinski definition) is 4. The Labute approximate surface area is 97.6 Å². The van der Waals surface area contributed by atoms with E-state index >= 15 is 0 Å². The van der Waals surface area contributed by atoms with Crippen molar-refractivity contribution in [1.82, 2.24) is 10.6 Å². The zero-order valence-electron chi connectivity index (χ0n) is 10.5. The van der Waals surface area contributed by atoms with E-state index in [9.17, 15) is 9.90 Å². The molecule has 0 aromatic heterocycles. The fraction of sp³-hybridized carbons (Fsp3) is 0.909. The van der Waals surface area contributed by atoms with Gasteiger partial charge in [0.25, 0.3) is 0 Å². The van der Waals surface area contributed by atoms with Gasteiger partial charge < -0.3 is 20.5 Å². The van der Waals surface area contributed by atoms with Crippen molar-refractivity contribution in [2.24, 2.45) is 0 Å². The van der Waals surface area contributed by atoms with Crippen LogP contribution in [0.3, 0.4) is 0 Å². The lowest BCUT2D eigenvalue weighted by molar-refractivity contribution is -0.120. The Balaban J connectivity index is 3.39. The number of amides is 1. The van der Waals surface area contributed by atoms with Gasteiger partial charge in [0.15, 0.2) is 0 Å². The molecule has 16 heavy (non-hydrogen) atoms. The van der Waals surface area contributed by atoms with Crippen LogP contribution in [-0.4, -0.2) is 49.5 Å². The molecule has 1 unspecified atom stereocenters. The molecule has 5 nitrogen and oxygen atoms in total. The quantitative estimate of drug-likeness (QED) is 0.519. The molecule has 0 radical (unpaired) electrons. The highest BCUT2D eigenvalue weighted by molar-refractivity contribution is 5.77. The molecule has 5 heteroatoms. The van der Waals surface area contributed by atoms with Crippen LogP contribution >= 0.6 is 0 Å². The second-order valence-corrected chi connectivity index (χ2v) is 4.02. The van der Waals surface area contributed by atoms with Crippen LogP contribution in [0.2, 0.25) is 0 Å². The van der Waals surface area contributed by atoms with E-state index in [1.54, 1.807) is 0 Å². The van der Waals surface area contributed by atoms with Crippen molar-refractivity contribution < 1.29 is 14.6 Å². The summed E-state index contributed by atoms with van der Waals surface area (Å²) in [5.74, 6) is -0.0428. The zero-order valence-corrected chi connectivity index (χ0v) is 10.5. The molecule has 0 bridgehead atoms. The Morgan fingerprint density at radius 3 is 2.69 bits per heavy atom. The van der Waals surface area contributed by atoms with Crippen molar-refractivity contribution in [3.8, 4) is 0 Å². The highest BCUT2D eigenvalue weighted by atomic mass is 16.5. The van der Waals surface area contributed by atoms with Gasteiger partial charge in [-0.05, 0) is 20.3 Å². The van der Waals surface area contributed by atoms with Crippen LogP contribution in [0.5, 0.6) is 0 Å². The third kappa shape index (κ3) is 9.89. The van der Waals surface area contributed by atoms with Crippen LogP contribution in [0.25, 0.3) is 0 Å². The van der Waals surface area contributed by atoms with E-state index in [2.05, 4.69) is 10.6 Å². The number of carbonyl (C=O) groups excluding carboxylic acids is 1.